The summed E-state index contributed by atoms with van der Waals surface area (Å²) in [5.74, 6) is -1.33. The van der Waals surface area contributed by atoms with Crippen LogP contribution >= 0.6 is 11.6 Å². The maximum Gasteiger partial charge on any atom is 0.161 e. The Bertz CT molecular complexity index is 741. The largest absolute Gasteiger partial charge is 0.338 e. The summed E-state index contributed by atoms with van der Waals surface area (Å²) in [6.45, 7) is 1.93. The van der Waals surface area contributed by atoms with Crippen LogP contribution in [-0.2, 0) is 0 Å². The highest BCUT2D eigenvalue weighted by atomic mass is 35.5. The predicted octanol–water partition coefficient (Wildman–Crippen LogP) is 4.47. The minimum atomic E-state index is -0.916. The number of H-pyrrole nitrogens is 1. The van der Waals surface area contributed by atoms with Gasteiger partial charge in [-0.1, -0.05) is 17.7 Å². The molecule has 0 unspecified atom stereocenters. The monoisotopic (exact) mass is 278 g/mol. The van der Waals surface area contributed by atoms with Gasteiger partial charge in [-0.15, -0.1) is 0 Å². The molecule has 1 N–H and O–H groups in total. The smallest absolute Gasteiger partial charge is 0.161 e. The molecule has 0 aliphatic carbocycles. The Morgan fingerprint density at radius 2 is 1.84 bits per heavy atom. The van der Waals surface area contributed by atoms with Gasteiger partial charge in [-0.3, -0.25) is 0 Å². The van der Waals surface area contributed by atoms with Crippen LogP contribution in [0.25, 0.3) is 22.4 Å². The molecule has 0 saturated heterocycles. The molecular weight excluding hydrogens is 270 g/mol. The Morgan fingerprint density at radius 3 is 2.58 bits per heavy atom. The van der Waals surface area contributed by atoms with Crippen LogP contribution in [0.1, 0.15) is 5.56 Å². The molecule has 5 heteroatoms. The van der Waals surface area contributed by atoms with Crippen LogP contribution in [-0.4, -0.2) is 9.97 Å². The summed E-state index contributed by atoms with van der Waals surface area (Å²) in [5, 5.41) is 0.542. The van der Waals surface area contributed by atoms with Gasteiger partial charge in [0.05, 0.1) is 16.1 Å². The number of aryl methyl sites for hydroxylation is 1. The lowest BCUT2D eigenvalue weighted by Crippen LogP contribution is -1.83. The summed E-state index contributed by atoms with van der Waals surface area (Å²) >= 11 is 6.15. The van der Waals surface area contributed by atoms with Crippen molar-refractivity contribution < 1.29 is 8.78 Å². The highest BCUT2D eigenvalue weighted by molar-refractivity contribution is 6.33. The number of nitrogens with zero attached hydrogens (tertiary/aromatic N) is 1. The minimum Gasteiger partial charge on any atom is -0.338 e. The number of aromatic amines is 1. The SMILES string of the molecule is Cc1ccc(-c2nc3cc(F)c(F)cc3[nH]2)c(Cl)c1. The van der Waals surface area contributed by atoms with Crippen molar-refractivity contribution in [3.05, 3.63) is 52.6 Å². The molecule has 1 heterocycles. The van der Waals surface area contributed by atoms with E-state index in [4.69, 9.17) is 11.6 Å². The zero-order chi connectivity index (χ0) is 13.6. The van der Waals surface area contributed by atoms with Gasteiger partial charge in [0.1, 0.15) is 5.82 Å². The van der Waals surface area contributed by atoms with Crippen LogP contribution < -0.4 is 0 Å². The number of fused-ring (bicyclic) bond motifs is 1. The summed E-state index contributed by atoms with van der Waals surface area (Å²) in [7, 11) is 0. The second kappa shape index (κ2) is 4.31. The number of hydrogen-bond acceptors (Lipinski definition) is 1. The number of benzene rings is 2. The van der Waals surface area contributed by atoms with E-state index in [0.29, 0.717) is 27.4 Å². The Balaban J connectivity index is 2.20. The second-order valence-electron chi connectivity index (χ2n) is 4.35. The quantitative estimate of drug-likeness (QED) is 0.699. The van der Waals surface area contributed by atoms with Crippen molar-refractivity contribution >= 4 is 22.6 Å². The van der Waals surface area contributed by atoms with Gasteiger partial charge in [-0.05, 0) is 24.6 Å². The number of rotatable bonds is 1. The van der Waals surface area contributed by atoms with Crippen molar-refractivity contribution in [1.82, 2.24) is 9.97 Å². The first-order valence-corrected chi connectivity index (χ1v) is 6.03. The summed E-state index contributed by atoms with van der Waals surface area (Å²) in [4.78, 5) is 7.17. The van der Waals surface area contributed by atoms with Crippen LogP contribution in [0, 0.1) is 18.6 Å². The van der Waals surface area contributed by atoms with Crippen LogP contribution in [0.5, 0.6) is 0 Å². The lowest BCUT2D eigenvalue weighted by Gasteiger charge is -2.01. The van der Waals surface area contributed by atoms with E-state index < -0.39 is 11.6 Å². The fourth-order valence-electron chi connectivity index (χ4n) is 1.94. The Kier molecular flexibility index (Phi) is 2.75. The average Bonchev–Trinajstić information content (AvgIpc) is 2.72. The molecule has 3 rings (SSSR count). The van der Waals surface area contributed by atoms with E-state index in [1.807, 2.05) is 25.1 Å². The number of halogens is 3. The molecule has 0 radical (unpaired) electrons. The molecule has 0 fully saturated rings. The maximum atomic E-state index is 13.1. The predicted molar refractivity (Wildman–Crippen MR) is 71.2 cm³/mol. The van der Waals surface area contributed by atoms with Gasteiger partial charge in [-0.2, -0.15) is 0 Å². The first-order valence-electron chi connectivity index (χ1n) is 5.66. The van der Waals surface area contributed by atoms with E-state index >= 15 is 0 Å². The van der Waals surface area contributed by atoms with Gasteiger partial charge in [-0.25, -0.2) is 13.8 Å². The third-order valence-electron chi connectivity index (χ3n) is 2.90. The Labute approximate surface area is 113 Å². The van der Waals surface area contributed by atoms with Gasteiger partial charge >= 0.3 is 0 Å². The molecular formula is C14H9ClF2N2. The first kappa shape index (κ1) is 12.1. The van der Waals surface area contributed by atoms with Gasteiger partial charge in [0.25, 0.3) is 0 Å². The molecule has 3 aromatic rings. The highest BCUT2D eigenvalue weighted by Crippen LogP contribution is 2.28. The van der Waals surface area contributed by atoms with Crippen molar-refractivity contribution in [3.63, 3.8) is 0 Å². The molecule has 2 aromatic carbocycles. The minimum absolute atomic E-state index is 0.366. The molecule has 1 aromatic heterocycles. The van der Waals surface area contributed by atoms with E-state index in [9.17, 15) is 8.78 Å². The van der Waals surface area contributed by atoms with Crippen LogP contribution in [0.15, 0.2) is 30.3 Å². The van der Waals surface area contributed by atoms with Crippen LogP contribution in [0.3, 0.4) is 0 Å². The molecule has 0 atom stereocenters. The van der Waals surface area contributed by atoms with Crippen molar-refractivity contribution in [2.45, 2.75) is 6.92 Å². The number of imidazole rings is 1. The van der Waals surface area contributed by atoms with Gasteiger partial charge in [0, 0.05) is 17.7 Å². The standard InChI is InChI=1S/C14H9ClF2N2/c1-7-2-3-8(9(15)4-7)14-18-12-5-10(16)11(17)6-13(12)19-14/h2-6H,1H3,(H,18,19). The van der Waals surface area contributed by atoms with Crippen LogP contribution in [0.4, 0.5) is 8.78 Å². The van der Waals surface area contributed by atoms with Crippen molar-refractivity contribution in [2.75, 3.05) is 0 Å². The number of aromatic nitrogens is 2. The second-order valence-corrected chi connectivity index (χ2v) is 4.76. The van der Waals surface area contributed by atoms with E-state index in [0.717, 1.165) is 17.7 Å². The molecule has 19 heavy (non-hydrogen) atoms. The maximum absolute atomic E-state index is 13.1. The van der Waals surface area contributed by atoms with Crippen molar-refractivity contribution in [3.8, 4) is 11.4 Å². The summed E-state index contributed by atoms with van der Waals surface area (Å²) in [6.07, 6.45) is 0. The van der Waals surface area contributed by atoms with Crippen LogP contribution in [0.2, 0.25) is 5.02 Å². The third kappa shape index (κ3) is 2.08. The molecule has 96 valence electrons. The number of nitrogens with one attached hydrogen (secondary N) is 1. The molecule has 0 aliphatic heterocycles. The van der Waals surface area contributed by atoms with E-state index in [1.54, 1.807) is 0 Å². The summed E-state index contributed by atoms with van der Waals surface area (Å²) in [6, 6.07) is 7.68. The van der Waals surface area contributed by atoms with Crippen molar-refractivity contribution in [1.29, 1.82) is 0 Å². The fourth-order valence-corrected chi connectivity index (χ4v) is 2.27. The number of hydrogen-bond donors (Lipinski definition) is 1. The van der Waals surface area contributed by atoms with Gasteiger partial charge < -0.3 is 4.98 Å². The molecule has 0 bridgehead atoms. The van der Waals surface area contributed by atoms with Crippen molar-refractivity contribution in [2.24, 2.45) is 0 Å². The molecule has 2 nitrogen and oxygen atoms in total. The zero-order valence-electron chi connectivity index (χ0n) is 9.97. The summed E-state index contributed by atoms with van der Waals surface area (Å²) < 4.78 is 26.3. The average molecular weight is 279 g/mol. The van der Waals surface area contributed by atoms with E-state index in [2.05, 4.69) is 9.97 Å². The lowest BCUT2D eigenvalue weighted by molar-refractivity contribution is 0.510. The third-order valence-corrected chi connectivity index (χ3v) is 3.22. The highest BCUT2D eigenvalue weighted by Gasteiger charge is 2.11. The fraction of sp³-hybridized carbons (Fsp3) is 0.0714. The van der Waals surface area contributed by atoms with Gasteiger partial charge in [0.2, 0.25) is 0 Å². The molecule has 0 amide bonds. The van der Waals surface area contributed by atoms with Gasteiger partial charge in [0.15, 0.2) is 11.6 Å². The normalized spacial score (nSPS) is 11.2. The molecule has 0 saturated carbocycles. The summed E-state index contributed by atoms with van der Waals surface area (Å²) in [5.41, 5.74) is 2.53. The van der Waals surface area contributed by atoms with E-state index in [-0.39, 0.29) is 0 Å². The topological polar surface area (TPSA) is 28.7 Å². The Morgan fingerprint density at radius 1 is 1.11 bits per heavy atom. The first-order chi connectivity index (χ1) is 9.04. The molecule has 0 spiro atoms. The lowest BCUT2D eigenvalue weighted by atomic mass is 10.1. The van der Waals surface area contributed by atoms with E-state index in [1.165, 1.54) is 0 Å². The molecule has 0 aliphatic rings. The Hall–Kier alpha value is -1.94. The zero-order valence-corrected chi connectivity index (χ0v) is 10.7.